The summed E-state index contributed by atoms with van der Waals surface area (Å²) in [7, 11) is 0. The maximum absolute atomic E-state index is 6.02. The molecule has 0 aromatic carbocycles. The second-order valence-electron chi connectivity index (χ2n) is 9.06. The summed E-state index contributed by atoms with van der Waals surface area (Å²) in [5.41, 5.74) is 8.86. The number of aromatic nitrogens is 1. The van der Waals surface area contributed by atoms with E-state index in [2.05, 4.69) is 29.3 Å². The maximum Gasteiger partial charge on any atom is 0.128 e. The van der Waals surface area contributed by atoms with Crippen molar-refractivity contribution in [2.75, 3.05) is 43.1 Å². The fourth-order valence-corrected chi connectivity index (χ4v) is 5.07. The molecule has 150 valence electrons. The number of piperidine rings is 1. The van der Waals surface area contributed by atoms with Gasteiger partial charge in [-0.3, -0.25) is 0 Å². The quantitative estimate of drug-likeness (QED) is 0.843. The van der Waals surface area contributed by atoms with Gasteiger partial charge in [-0.15, -0.1) is 0 Å². The lowest BCUT2D eigenvalue weighted by atomic mass is 9.72. The number of ether oxygens (including phenoxy) is 1. The monoisotopic (exact) mass is 372 g/mol. The number of anilines is 2. The van der Waals surface area contributed by atoms with Gasteiger partial charge in [0.15, 0.2) is 0 Å². The number of pyridine rings is 1. The van der Waals surface area contributed by atoms with E-state index >= 15 is 0 Å². The summed E-state index contributed by atoms with van der Waals surface area (Å²) in [6, 6.07) is 4.85. The van der Waals surface area contributed by atoms with Crippen molar-refractivity contribution in [3.63, 3.8) is 0 Å². The molecular formula is C22H36N4O. The second kappa shape index (κ2) is 8.36. The molecule has 1 aromatic heterocycles. The molecule has 3 N–H and O–H groups in total. The SMILES string of the molecule is Cc1nc(N2CCC3(CCOCC3)CC2)ccc1NC[C@H]1CC[C@H](N)CC1. The van der Waals surface area contributed by atoms with Crippen molar-refractivity contribution in [1.29, 1.82) is 0 Å². The zero-order chi connectivity index (χ0) is 18.7. The number of hydrogen-bond donors (Lipinski definition) is 2. The molecule has 27 heavy (non-hydrogen) atoms. The maximum atomic E-state index is 6.02. The van der Waals surface area contributed by atoms with Crippen LogP contribution in [0.4, 0.5) is 11.5 Å². The average molecular weight is 373 g/mol. The van der Waals surface area contributed by atoms with E-state index in [1.54, 1.807) is 0 Å². The van der Waals surface area contributed by atoms with E-state index in [0.717, 1.165) is 50.3 Å². The fraction of sp³-hybridized carbons (Fsp3) is 0.773. The molecule has 0 bridgehead atoms. The topological polar surface area (TPSA) is 63.4 Å². The lowest BCUT2D eigenvalue weighted by Crippen LogP contribution is -2.43. The van der Waals surface area contributed by atoms with Crippen molar-refractivity contribution in [2.24, 2.45) is 17.1 Å². The molecule has 2 saturated heterocycles. The summed E-state index contributed by atoms with van der Waals surface area (Å²) in [5.74, 6) is 1.89. The van der Waals surface area contributed by atoms with Crippen LogP contribution in [0.25, 0.3) is 0 Å². The molecule has 5 heteroatoms. The first-order valence-corrected chi connectivity index (χ1v) is 10.9. The Morgan fingerprint density at radius 1 is 1.11 bits per heavy atom. The summed E-state index contributed by atoms with van der Waals surface area (Å²) >= 11 is 0. The molecule has 0 amide bonds. The molecule has 3 fully saturated rings. The van der Waals surface area contributed by atoms with Gasteiger partial charge in [0.05, 0.1) is 11.4 Å². The zero-order valence-electron chi connectivity index (χ0n) is 16.9. The molecule has 0 atom stereocenters. The van der Waals surface area contributed by atoms with Gasteiger partial charge in [0.25, 0.3) is 0 Å². The van der Waals surface area contributed by atoms with Gasteiger partial charge in [-0.2, -0.15) is 0 Å². The highest BCUT2D eigenvalue weighted by atomic mass is 16.5. The van der Waals surface area contributed by atoms with Crippen molar-refractivity contribution in [3.8, 4) is 0 Å². The molecule has 4 rings (SSSR count). The average Bonchev–Trinajstić information content (AvgIpc) is 2.69. The minimum atomic E-state index is 0.425. The summed E-state index contributed by atoms with van der Waals surface area (Å²) in [6.07, 6.45) is 9.88. The van der Waals surface area contributed by atoms with E-state index < -0.39 is 0 Å². The third-order valence-corrected chi connectivity index (χ3v) is 7.25. The van der Waals surface area contributed by atoms with Crippen molar-refractivity contribution < 1.29 is 4.74 Å². The highest BCUT2D eigenvalue weighted by Gasteiger charge is 2.36. The molecule has 3 aliphatic rings. The number of nitrogens with two attached hydrogens (primary N) is 1. The molecule has 1 aromatic rings. The van der Waals surface area contributed by atoms with Gasteiger partial charge in [0.2, 0.25) is 0 Å². The summed E-state index contributed by atoms with van der Waals surface area (Å²) in [5, 5.41) is 3.64. The van der Waals surface area contributed by atoms with Crippen LogP contribution in [0.15, 0.2) is 12.1 Å². The van der Waals surface area contributed by atoms with Crippen LogP contribution >= 0.6 is 0 Å². The summed E-state index contributed by atoms with van der Waals surface area (Å²) in [6.45, 7) is 7.33. The number of aryl methyl sites for hydroxylation is 1. The standard InChI is InChI=1S/C22H36N4O/c1-17-20(24-16-18-2-4-19(23)5-3-18)6-7-21(25-17)26-12-8-22(9-13-26)10-14-27-15-11-22/h6-7,18-19,24H,2-5,8-16,23H2,1H3/t18-,19-. The van der Waals surface area contributed by atoms with Gasteiger partial charge in [-0.05, 0) is 81.8 Å². The Labute approximate surface area is 164 Å². The summed E-state index contributed by atoms with van der Waals surface area (Å²) in [4.78, 5) is 7.40. The Hall–Kier alpha value is -1.33. The zero-order valence-corrected chi connectivity index (χ0v) is 16.9. The molecule has 1 spiro atoms. The molecule has 5 nitrogen and oxygen atoms in total. The lowest BCUT2D eigenvalue weighted by Gasteiger charge is -2.44. The summed E-state index contributed by atoms with van der Waals surface area (Å²) < 4.78 is 5.57. The number of nitrogens with one attached hydrogen (secondary N) is 1. The van der Waals surface area contributed by atoms with Crippen molar-refractivity contribution >= 4 is 11.5 Å². The molecule has 0 unspecified atom stereocenters. The van der Waals surface area contributed by atoms with E-state index in [-0.39, 0.29) is 0 Å². The first-order valence-electron chi connectivity index (χ1n) is 10.9. The Balaban J connectivity index is 1.30. The second-order valence-corrected chi connectivity index (χ2v) is 9.06. The van der Waals surface area contributed by atoms with E-state index in [1.165, 1.54) is 57.1 Å². The Bertz CT molecular complexity index is 611. The highest BCUT2D eigenvalue weighted by molar-refractivity contribution is 5.53. The first-order chi connectivity index (χ1) is 13.1. The van der Waals surface area contributed by atoms with Crippen molar-refractivity contribution in [3.05, 3.63) is 17.8 Å². The van der Waals surface area contributed by atoms with E-state index in [4.69, 9.17) is 15.5 Å². The third-order valence-electron chi connectivity index (χ3n) is 7.25. The van der Waals surface area contributed by atoms with Gasteiger partial charge in [-0.1, -0.05) is 0 Å². The molecule has 2 aliphatic heterocycles. The van der Waals surface area contributed by atoms with Crippen LogP contribution in [0.1, 0.15) is 57.1 Å². The van der Waals surface area contributed by atoms with E-state index in [9.17, 15) is 0 Å². The Kier molecular flexibility index (Phi) is 5.88. The van der Waals surface area contributed by atoms with Gasteiger partial charge in [0.1, 0.15) is 5.82 Å². The largest absolute Gasteiger partial charge is 0.383 e. The van der Waals surface area contributed by atoms with Crippen LogP contribution in [-0.2, 0) is 4.74 Å². The number of rotatable bonds is 4. The lowest BCUT2D eigenvalue weighted by molar-refractivity contribution is 0.00206. The van der Waals surface area contributed by atoms with Crippen LogP contribution in [0.5, 0.6) is 0 Å². The van der Waals surface area contributed by atoms with E-state index in [0.29, 0.717) is 11.5 Å². The van der Waals surface area contributed by atoms with Crippen molar-refractivity contribution in [2.45, 2.75) is 64.3 Å². The molecular weight excluding hydrogens is 336 g/mol. The van der Waals surface area contributed by atoms with Gasteiger partial charge < -0.3 is 20.7 Å². The third kappa shape index (κ3) is 4.57. The molecule has 1 aliphatic carbocycles. The van der Waals surface area contributed by atoms with Crippen LogP contribution in [0.2, 0.25) is 0 Å². The number of nitrogens with zero attached hydrogens (tertiary/aromatic N) is 2. The van der Waals surface area contributed by atoms with Gasteiger partial charge in [0, 0.05) is 38.9 Å². The normalized spacial score (nSPS) is 28.3. The molecule has 0 radical (unpaired) electrons. The molecule has 1 saturated carbocycles. The molecule has 3 heterocycles. The van der Waals surface area contributed by atoms with Crippen LogP contribution < -0.4 is 16.0 Å². The minimum Gasteiger partial charge on any atom is -0.383 e. The first kappa shape index (κ1) is 19.0. The fourth-order valence-electron chi connectivity index (χ4n) is 5.07. The smallest absolute Gasteiger partial charge is 0.128 e. The van der Waals surface area contributed by atoms with Crippen LogP contribution in [0, 0.1) is 18.3 Å². The van der Waals surface area contributed by atoms with Gasteiger partial charge >= 0.3 is 0 Å². The van der Waals surface area contributed by atoms with Gasteiger partial charge in [-0.25, -0.2) is 4.98 Å². The van der Waals surface area contributed by atoms with Crippen LogP contribution in [0.3, 0.4) is 0 Å². The minimum absolute atomic E-state index is 0.425. The predicted octanol–water partition coefficient (Wildman–Crippen LogP) is 3.72. The van der Waals surface area contributed by atoms with E-state index in [1.807, 2.05) is 0 Å². The highest BCUT2D eigenvalue weighted by Crippen LogP contribution is 2.41. The van der Waals surface area contributed by atoms with Crippen LogP contribution in [-0.4, -0.2) is 43.9 Å². The Morgan fingerprint density at radius 2 is 1.81 bits per heavy atom. The number of hydrogen-bond acceptors (Lipinski definition) is 5. The Morgan fingerprint density at radius 3 is 2.48 bits per heavy atom. The predicted molar refractivity (Wildman–Crippen MR) is 111 cm³/mol. The van der Waals surface area contributed by atoms with Crippen molar-refractivity contribution in [1.82, 2.24) is 4.98 Å².